The van der Waals surface area contributed by atoms with Gasteiger partial charge >= 0.3 is 5.69 Å². The smallest absolute Gasteiger partial charge is 0.330 e. The molecule has 5 aromatic rings. The highest BCUT2D eigenvalue weighted by atomic mass is 35.5. The van der Waals surface area contributed by atoms with E-state index in [1.165, 1.54) is 11.6 Å². The summed E-state index contributed by atoms with van der Waals surface area (Å²) in [5, 5.41) is 10.5. The Morgan fingerprint density at radius 2 is 1.76 bits per heavy atom. The molecule has 0 spiro atoms. The Morgan fingerprint density at radius 1 is 1.00 bits per heavy atom. The van der Waals surface area contributed by atoms with Crippen molar-refractivity contribution in [1.82, 2.24) is 29.7 Å². The Kier molecular flexibility index (Phi) is 8.61. The van der Waals surface area contributed by atoms with Crippen LogP contribution in [0.5, 0.6) is 5.88 Å². The Morgan fingerprint density at radius 3 is 2.52 bits per heavy atom. The number of ether oxygens (including phenoxy) is 1. The molecule has 11 nitrogen and oxygen atoms in total. The van der Waals surface area contributed by atoms with Gasteiger partial charge in [-0.1, -0.05) is 48.0 Å². The summed E-state index contributed by atoms with van der Waals surface area (Å²) in [4.78, 5) is 46.3. The van der Waals surface area contributed by atoms with Crippen molar-refractivity contribution in [3.63, 3.8) is 0 Å². The van der Waals surface area contributed by atoms with Gasteiger partial charge in [-0.3, -0.25) is 18.7 Å². The average molecular weight is 640 g/mol. The first-order chi connectivity index (χ1) is 22.2. The molecule has 236 valence electrons. The van der Waals surface area contributed by atoms with Crippen molar-refractivity contribution in [2.24, 2.45) is 14.1 Å². The van der Waals surface area contributed by atoms with Crippen molar-refractivity contribution in [2.45, 2.75) is 32.4 Å². The number of nitrogens with zero attached hydrogens (tertiary/aromatic N) is 4. The minimum absolute atomic E-state index is 0.0933. The van der Waals surface area contributed by atoms with Crippen molar-refractivity contribution in [3.8, 4) is 28.3 Å². The lowest BCUT2D eigenvalue weighted by Crippen LogP contribution is -2.37. The minimum atomic E-state index is -0.426. The zero-order chi connectivity index (χ0) is 32.5. The molecule has 4 heterocycles. The van der Waals surface area contributed by atoms with Crippen LogP contribution < -0.4 is 31.9 Å². The molecule has 0 aliphatic carbocycles. The van der Waals surface area contributed by atoms with Crippen molar-refractivity contribution < 1.29 is 9.53 Å². The van der Waals surface area contributed by atoms with Crippen molar-refractivity contribution in [2.75, 3.05) is 19.0 Å². The number of hydrogen-bond acceptors (Lipinski definition) is 8. The molecule has 1 amide bonds. The van der Waals surface area contributed by atoms with Crippen LogP contribution in [0.2, 0.25) is 5.02 Å². The van der Waals surface area contributed by atoms with Gasteiger partial charge in [-0.15, -0.1) is 0 Å². The molecule has 1 atom stereocenters. The summed E-state index contributed by atoms with van der Waals surface area (Å²) in [5.74, 6) is 0.943. The van der Waals surface area contributed by atoms with Crippen LogP contribution in [0.1, 0.15) is 24.0 Å². The van der Waals surface area contributed by atoms with Crippen LogP contribution in [0.15, 0.2) is 70.4 Å². The monoisotopic (exact) mass is 639 g/mol. The molecule has 0 radical (unpaired) electrons. The van der Waals surface area contributed by atoms with Gasteiger partial charge in [0.15, 0.2) is 0 Å². The number of aromatic nitrogens is 4. The highest BCUT2D eigenvalue weighted by molar-refractivity contribution is 6.36. The van der Waals surface area contributed by atoms with Gasteiger partial charge in [-0.2, -0.15) is 0 Å². The standard InChI is InChI=1S/C34H34ClN7O4/c1-19-22(7-6-10-25(19)39-31-29-27(15-16-37-31)41(2)34(45)42(3)33(29)44)23-8-5-9-24(30(23)35)26-13-11-20(32(40-26)46-4)17-36-18-21-12-14-28(43)38-21/h5-11,13,15-16,21,36H,12,14,17-18H2,1-4H3,(H,37,39)(H,38,43). The maximum atomic E-state index is 13.1. The highest BCUT2D eigenvalue weighted by Gasteiger charge is 2.21. The second-order valence-corrected chi connectivity index (χ2v) is 11.7. The molecule has 1 aliphatic rings. The maximum Gasteiger partial charge on any atom is 0.330 e. The highest BCUT2D eigenvalue weighted by Crippen LogP contribution is 2.39. The third-order valence-electron chi connectivity index (χ3n) is 8.46. The second kappa shape index (κ2) is 12.8. The topological polar surface area (TPSA) is 132 Å². The summed E-state index contributed by atoms with van der Waals surface area (Å²) >= 11 is 7.08. The van der Waals surface area contributed by atoms with E-state index in [1.807, 2.05) is 55.5 Å². The molecule has 3 aromatic heterocycles. The molecule has 12 heteroatoms. The Hall–Kier alpha value is -5.00. The molecule has 1 fully saturated rings. The first-order valence-corrected chi connectivity index (χ1v) is 15.3. The third-order valence-corrected chi connectivity index (χ3v) is 8.87. The zero-order valence-corrected chi connectivity index (χ0v) is 26.7. The number of fused-ring (bicyclic) bond motifs is 1. The van der Waals surface area contributed by atoms with Gasteiger partial charge in [0.1, 0.15) is 11.2 Å². The van der Waals surface area contributed by atoms with Gasteiger partial charge < -0.3 is 20.7 Å². The summed E-state index contributed by atoms with van der Waals surface area (Å²) < 4.78 is 8.14. The van der Waals surface area contributed by atoms with E-state index in [4.69, 9.17) is 21.3 Å². The number of carbonyl (C=O) groups is 1. The van der Waals surface area contributed by atoms with Crippen LogP contribution in [-0.2, 0) is 25.4 Å². The minimum Gasteiger partial charge on any atom is -0.481 e. The van der Waals surface area contributed by atoms with Gasteiger partial charge in [0.2, 0.25) is 11.8 Å². The van der Waals surface area contributed by atoms with Crippen molar-refractivity contribution in [1.29, 1.82) is 0 Å². The number of rotatable bonds is 9. The lowest BCUT2D eigenvalue weighted by molar-refractivity contribution is -0.119. The lowest BCUT2D eigenvalue weighted by Gasteiger charge is -2.17. The SMILES string of the molecule is COc1nc(-c2cccc(-c3cccc(Nc4nccc5c4c(=O)n(C)c(=O)n5C)c3C)c2Cl)ccc1CNCC1CCC(=O)N1. The number of nitrogens with one attached hydrogen (secondary N) is 3. The van der Waals surface area contributed by atoms with E-state index in [2.05, 4.69) is 20.9 Å². The fourth-order valence-electron chi connectivity index (χ4n) is 5.89. The first-order valence-electron chi connectivity index (χ1n) is 14.9. The lowest BCUT2D eigenvalue weighted by atomic mass is 9.96. The average Bonchev–Trinajstić information content (AvgIpc) is 3.48. The summed E-state index contributed by atoms with van der Waals surface area (Å²) in [6.45, 7) is 3.19. The molecule has 2 aromatic carbocycles. The first kappa shape index (κ1) is 31.0. The number of benzene rings is 2. The molecule has 1 unspecified atom stereocenters. The number of anilines is 2. The summed E-state index contributed by atoms with van der Waals surface area (Å²) in [6.07, 6.45) is 2.97. The number of pyridine rings is 2. The fraction of sp³-hybridized carbons (Fsp3) is 0.265. The number of hydrogen-bond donors (Lipinski definition) is 3. The van der Waals surface area contributed by atoms with E-state index >= 15 is 0 Å². The normalized spacial score (nSPS) is 14.5. The molecule has 6 rings (SSSR count). The van der Waals surface area contributed by atoms with E-state index in [0.29, 0.717) is 52.8 Å². The van der Waals surface area contributed by atoms with Crippen LogP contribution in [-0.4, -0.2) is 44.7 Å². The second-order valence-electron chi connectivity index (χ2n) is 11.3. The van der Waals surface area contributed by atoms with Crippen molar-refractivity contribution >= 4 is 39.9 Å². The van der Waals surface area contributed by atoms with Gasteiger partial charge in [-0.05, 0) is 42.7 Å². The van der Waals surface area contributed by atoms with Crippen LogP contribution in [0.4, 0.5) is 11.5 Å². The third kappa shape index (κ3) is 5.75. The van der Waals surface area contributed by atoms with Crippen LogP contribution >= 0.6 is 11.6 Å². The molecule has 46 heavy (non-hydrogen) atoms. The number of amides is 1. The Labute approximate surface area is 270 Å². The van der Waals surface area contributed by atoms with Crippen LogP contribution in [0.25, 0.3) is 33.3 Å². The van der Waals surface area contributed by atoms with E-state index in [9.17, 15) is 14.4 Å². The Balaban J connectivity index is 1.30. The molecule has 3 N–H and O–H groups in total. The van der Waals surface area contributed by atoms with Gasteiger partial charge in [0.25, 0.3) is 5.56 Å². The summed E-state index contributed by atoms with van der Waals surface area (Å²) in [7, 11) is 4.67. The quantitative estimate of drug-likeness (QED) is 0.216. The van der Waals surface area contributed by atoms with Crippen LogP contribution in [0.3, 0.4) is 0 Å². The molecular weight excluding hydrogens is 606 g/mol. The maximum absolute atomic E-state index is 13.1. The van der Waals surface area contributed by atoms with E-state index in [0.717, 1.165) is 44.5 Å². The largest absolute Gasteiger partial charge is 0.481 e. The fourth-order valence-corrected chi connectivity index (χ4v) is 6.21. The van der Waals surface area contributed by atoms with Gasteiger partial charge in [0.05, 0.1) is 23.3 Å². The van der Waals surface area contributed by atoms with E-state index in [1.54, 1.807) is 26.4 Å². The predicted octanol–water partition coefficient (Wildman–Crippen LogP) is 4.44. The molecule has 1 aliphatic heterocycles. The molecular formula is C34H34ClN7O4. The Bertz CT molecular complexity index is 2110. The van der Waals surface area contributed by atoms with Gasteiger partial charge in [-0.25, -0.2) is 14.8 Å². The number of methoxy groups -OCH3 is 1. The molecule has 0 bridgehead atoms. The summed E-state index contributed by atoms with van der Waals surface area (Å²) in [5.41, 5.74) is 5.32. The number of halogens is 1. The van der Waals surface area contributed by atoms with Gasteiger partial charge in [0, 0.05) is 68.2 Å². The van der Waals surface area contributed by atoms with E-state index < -0.39 is 11.2 Å². The summed E-state index contributed by atoms with van der Waals surface area (Å²) in [6, 6.07) is 17.3. The predicted molar refractivity (Wildman–Crippen MR) is 180 cm³/mol. The van der Waals surface area contributed by atoms with Crippen LogP contribution in [0, 0.1) is 6.92 Å². The zero-order valence-electron chi connectivity index (χ0n) is 26.0. The van der Waals surface area contributed by atoms with E-state index in [-0.39, 0.29) is 11.9 Å². The van der Waals surface area contributed by atoms with Crippen molar-refractivity contribution in [3.05, 3.63) is 97.8 Å². The number of aryl methyl sites for hydroxylation is 1. The molecule has 1 saturated heterocycles. The number of carbonyl (C=O) groups excluding carboxylic acids is 1. The molecule has 0 saturated carbocycles.